The smallest absolute Gasteiger partial charge is 0.132 e. The minimum Gasteiger partial charge on any atom is -0.457 e. The van der Waals surface area contributed by atoms with E-state index in [1.54, 1.807) is 6.07 Å². The van der Waals surface area contributed by atoms with Gasteiger partial charge in [-0.25, -0.2) is 4.39 Å². The Hall–Kier alpha value is -1.87. The summed E-state index contributed by atoms with van der Waals surface area (Å²) in [6.45, 7) is 9.60. The van der Waals surface area contributed by atoms with Crippen LogP contribution in [0.1, 0.15) is 29.2 Å². The van der Waals surface area contributed by atoms with Gasteiger partial charge in [0.25, 0.3) is 0 Å². The van der Waals surface area contributed by atoms with E-state index >= 15 is 0 Å². The van der Waals surface area contributed by atoms with Gasteiger partial charge in [0.05, 0.1) is 0 Å². The first kappa shape index (κ1) is 15.5. The normalized spacial score (nSPS) is 10.7. The average Bonchev–Trinajstić information content (AvgIpc) is 2.44. The third-order valence-electron chi connectivity index (χ3n) is 3.57. The van der Waals surface area contributed by atoms with Crippen molar-refractivity contribution in [2.45, 2.75) is 34.2 Å². The highest BCUT2D eigenvalue weighted by Gasteiger charge is 2.10. The van der Waals surface area contributed by atoms with Crippen molar-refractivity contribution in [3.8, 4) is 11.5 Å². The molecule has 3 heteroatoms. The van der Waals surface area contributed by atoms with E-state index in [2.05, 4.69) is 18.3 Å². The predicted octanol–water partition coefficient (Wildman–Crippen LogP) is 4.65. The molecule has 21 heavy (non-hydrogen) atoms. The minimum atomic E-state index is -0.243. The Morgan fingerprint density at radius 3 is 2.52 bits per heavy atom. The summed E-state index contributed by atoms with van der Waals surface area (Å²) < 4.78 is 19.5. The number of hydrogen-bond donors (Lipinski definition) is 1. The number of benzene rings is 2. The molecular formula is C18H22FNO. The molecule has 0 aliphatic rings. The number of nitrogens with one attached hydrogen (secondary N) is 1. The Morgan fingerprint density at radius 2 is 1.81 bits per heavy atom. The maximum absolute atomic E-state index is 13.4. The lowest BCUT2D eigenvalue weighted by Crippen LogP contribution is -2.12. The number of aryl methyl sites for hydroxylation is 2. The fraction of sp³-hybridized carbons (Fsp3) is 0.333. The summed E-state index contributed by atoms with van der Waals surface area (Å²) in [7, 11) is 0. The van der Waals surface area contributed by atoms with Crippen molar-refractivity contribution in [2.75, 3.05) is 6.54 Å². The number of rotatable bonds is 5. The molecule has 0 unspecified atom stereocenters. The Labute approximate surface area is 126 Å². The van der Waals surface area contributed by atoms with Gasteiger partial charge in [0.15, 0.2) is 0 Å². The van der Waals surface area contributed by atoms with Gasteiger partial charge < -0.3 is 10.1 Å². The maximum Gasteiger partial charge on any atom is 0.132 e. The molecule has 0 saturated carbocycles. The summed E-state index contributed by atoms with van der Waals surface area (Å²) in [6, 6.07) is 8.80. The third kappa shape index (κ3) is 3.82. The molecule has 0 heterocycles. The van der Waals surface area contributed by atoms with E-state index in [4.69, 9.17) is 4.74 Å². The monoisotopic (exact) mass is 287 g/mol. The second kappa shape index (κ2) is 6.72. The van der Waals surface area contributed by atoms with Crippen LogP contribution in [0.4, 0.5) is 4.39 Å². The molecule has 0 fully saturated rings. The fourth-order valence-electron chi connectivity index (χ4n) is 2.27. The topological polar surface area (TPSA) is 21.3 Å². The molecule has 2 rings (SSSR count). The molecule has 1 N–H and O–H groups in total. The highest BCUT2D eigenvalue weighted by Crippen LogP contribution is 2.31. The van der Waals surface area contributed by atoms with Crippen LogP contribution in [0.25, 0.3) is 0 Å². The van der Waals surface area contributed by atoms with Gasteiger partial charge in [0.2, 0.25) is 0 Å². The standard InChI is InChI=1S/C18H22FNO/c1-5-20-11-15-10-16(19)6-7-17(15)21-18-9-12(2)8-13(3)14(18)4/h6-10,20H,5,11H2,1-4H3. The van der Waals surface area contributed by atoms with Gasteiger partial charge in [0.1, 0.15) is 17.3 Å². The first-order valence-electron chi connectivity index (χ1n) is 7.26. The third-order valence-corrected chi connectivity index (χ3v) is 3.57. The summed E-state index contributed by atoms with van der Waals surface area (Å²) in [6.07, 6.45) is 0. The first-order chi connectivity index (χ1) is 10.0. The van der Waals surface area contributed by atoms with Crippen LogP contribution in [0.3, 0.4) is 0 Å². The van der Waals surface area contributed by atoms with Crippen LogP contribution in [0, 0.1) is 26.6 Å². The van der Waals surface area contributed by atoms with Crippen molar-refractivity contribution >= 4 is 0 Å². The number of ether oxygens (including phenoxy) is 1. The van der Waals surface area contributed by atoms with E-state index in [9.17, 15) is 4.39 Å². The average molecular weight is 287 g/mol. The van der Waals surface area contributed by atoms with Crippen molar-refractivity contribution in [3.05, 3.63) is 58.4 Å². The highest BCUT2D eigenvalue weighted by molar-refractivity contribution is 5.46. The van der Waals surface area contributed by atoms with Crippen LogP contribution < -0.4 is 10.1 Å². The number of halogens is 1. The second-order valence-corrected chi connectivity index (χ2v) is 5.34. The largest absolute Gasteiger partial charge is 0.457 e. The van der Waals surface area contributed by atoms with Gasteiger partial charge in [-0.15, -0.1) is 0 Å². The molecule has 0 amide bonds. The molecule has 0 radical (unpaired) electrons. The fourth-order valence-corrected chi connectivity index (χ4v) is 2.27. The molecule has 2 aromatic carbocycles. The quantitative estimate of drug-likeness (QED) is 0.864. The molecule has 0 spiro atoms. The van der Waals surface area contributed by atoms with E-state index in [0.29, 0.717) is 12.3 Å². The molecule has 0 atom stereocenters. The van der Waals surface area contributed by atoms with Crippen molar-refractivity contribution in [1.82, 2.24) is 5.32 Å². The van der Waals surface area contributed by atoms with Crippen molar-refractivity contribution < 1.29 is 9.13 Å². The van der Waals surface area contributed by atoms with Crippen molar-refractivity contribution in [1.29, 1.82) is 0 Å². The zero-order valence-electron chi connectivity index (χ0n) is 13.1. The summed E-state index contributed by atoms with van der Waals surface area (Å²) in [5.41, 5.74) is 4.29. The van der Waals surface area contributed by atoms with Crippen LogP contribution in [-0.4, -0.2) is 6.54 Å². The zero-order valence-corrected chi connectivity index (χ0v) is 13.1. The first-order valence-corrected chi connectivity index (χ1v) is 7.26. The van der Waals surface area contributed by atoms with Crippen LogP contribution in [0.15, 0.2) is 30.3 Å². The van der Waals surface area contributed by atoms with Gasteiger partial charge in [0, 0.05) is 12.1 Å². The van der Waals surface area contributed by atoms with E-state index in [0.717, 1.165) is 29.0 Å². The number of hydrogen-bond acceptors (Lipinski definition) is 2. The molecule has 0 saturated heterocycles. The maximum atomic E-state index is 13.4. The van der Waals surface area contributed by atoms with Crippen molar-refractivity contribution in [3.63, 3.8) is 0 Å². The van der Waals surface area contributed by atoms with Gasteiger partial charge in [-0.1, -0.05) is 13.0 Å². The molecule has 2 aromatic rings. The lowest BCUT2D eigenvalue weighted by atomic mass is 10.1. The Kier molecular flexibility index (Phi) is 4.97. The highest BCUT2D eigenvalue weighted by atomic mass is 19.1. The molecule has 0 aromatic heterocycles. The Morgan fingerprint density at radius 1 is 1.05 bits per heavy atom. The van der Waals surface area contributed by atoms with E-state index in [1.165, 1.54) is 17.7 Å². The lowest BCUT2D eigenvalue weighted by Gasteiger charge is -2.15. The van der Waals surface area contributed by atoms with Gasteiger partial charge in [-0.2, -0.15) is 0 Å². The summed E-state index contributed by atoms with van der Waals surface area (Å²) in [5.74, 6) is 1.29. The van der Waals surface area contributed by atoms with Gasteiger partial charge >= 0.3 is 0 Å². The van der Waals surface area contributed by atoms with Gasteiger partial charge in [-0.05, 0) is 68.3 Å². The van der Waals surface area contributed by atoms with Gasteiger partial charge in [-0.3, -0.25) is 0 Å². The van der Waals surface area contributed by atoms with Crippen LogP contribution in [0.5, 0.6) is 11.5 Å². The SMILES string of the molecule is CCNCc1cc(F)ccc1Oc1cc(C)cc(C)c1C. The summed E-state index contributed by atoms with van der Waals surface area (Å²) in [4.78, 5) is 0. The molecular weight excluding hydrogens is 265 g/mol. The summed E-state index contributed by atoms with van der Waals surface area (Å²) in [5, 5.41) is 3.21. The van der Waals surface area contributed by atoms with E-state index < -0.39 is 0 Å². The zero-order chi connectivity index (χ0) is 15.4. The van der Waals surface area contributed by atoms with E-state index in [-0.39, 0.29) is 5.82 Å². The Balaban J connectivity index is 2.35. The van der Waals surface area contributed by atoms with Crippen molar-refractivity contribution in [2.24, 2.45) is 0 Å². The summed E-state index contributed by atoms with van der Waals surface area (Å²) >= 11 is 0. The molecule has 0 bridgehead atoms. The molecule has 0 aliphatic heterocycles. The van der Waals surface area contributed by atoms with Crippen LogP contribution >= 0.6 is 0 Å². The molecule has 112 valence electrons. The van der Waals surface area contributed by atoms with E-state index in [1.807, 2.05) is 26.8 Å². The minimum absolute atomic E-state index is 0.243. The Bertz CT molecular complexity index is 637. The molecule has 0 aliphatic carbocycles. The molecule has 2 nitrogen and oxygen atoms in total. The lowest BCUT2D eigenvalue weighted by molar-refractivity contribution is 0.466. The second-order valence-electron chi connectivity index (χ2n) is 5.34. The predicted molar refractivity (Wildman–Crippen MR) is 84.5 cm³/mol. The van der Waals surface area contributed by atoms with Crippen LogP contribution in [0.2, 0.25) is 0 Å². The van der Waals surface area contributed by atoms with Crippen LogP contribution in [-0.2, 0) is 6.54 Å².